The molecule has 0 saturated carbocycles. The van der Waals surface area contributed by atoms with E-state index >= 15 is 0 Å². The van der Waals surface area contributed by atoms with E-state index in [-0.39, 0.29) is 17.0 Å². The average molecular weight is 218 g/mol. The van der Waals surface area contributed by atoms with E-state index in [9.17, 15) is 0 Å². The van der Waals surface area contributed by atoms with Gasteiger partial charge in [0, 0.05) is 19.8 Å². The summed E-state index contributed by atoms with van der Waals surface area (Å²) >= 11 is 0. The lowest BCUT2D eigenvalue weighted by Crippen LogP contribution is -2.07. The molecule has 1 aromatic carbocycles. The van der Waals surface area contributed by atoms with Gasteiger partial charge in [-0.3, -0.25) is 0 Å². The van der Waals surface area contributed by atoms with Crippen LogP contribution in [0.1, 0.15) is 0 Å². The van der Waals surface area contributed by atoms with Crippen LogP contribution in [0.3, 0.4) is 0 Å². The summed E-state index contributed by atoms with van der Waals surface area (Å²) < 4.78 is 0. The van der Waals surface area contributed by atoms with Gasteiger partial charge in [-0.2, -0.15) is 0 Å². The second-order valence-electron chi connectivity index (χ2n) is 2.41. The summed E-state index contributed by atoms with van der Waals surface area (Å²) in [5, 5.41) is 8.92. The fraction of sp³-hybridized carbons (Fsp3) is 0.250. The SMILES string of the molecule is Br.CN(C)c1ccc(O)cc1. The number of anilines is 1. The molecule has 0 unspecified atom stereocenters. The smallest absolute Gasteiger partial charge is 0.115 e. The first kappa shape index (κ1) is 10.3. The highest BCUT2D eigenvalue weighted by molar-refractivity contribution is 8.93. The molecule has 0 saturated heterocycles. The van der Waals surface area contributed by atoms with Crippen LogP contribution in [-0.4, -0.2) is 19.2 Å². The molecule has 0 amide bonds. The Morgan fingerprint density at radius 2 is 1.55 bits per heavy atom. The van der Waals surface area contributed by atoms with Crippen molar-refractivity contribution < 1.29 is 5.11 Å². The second-order valence-corrected chi connectivity index (χ2v) is 2.41. The fourth-order valence-corrected chi connectivity index (χ4v) is 0.751. The molecule has 0 aliphatic heterocycles. The van der Waals surface area contributed by atoms with Gasteiger partial charge in [0.05, 0.1) is 0 Å². The van der Waals surface area contributed by atoms with Gasteiger partial charge in [-0.15, -0.1) is 17.0 Å². The second kappa shape index (κ2) is 4.23. The third-order valence-electron chi connectivity index (χ3n) is 1.37. The van der Waals surface area contributed by atoms with E-state index in [2.05, 4.69) is 0 Å². The molecule has 3 heteroatoms. The van der Waals surface area contributed by atoms with Crippen LogP contribution in [0.25, 0.3) is 0 Å². The Morgan fingerprint density at radius 1 is 1.09 bits per heavy atom. The highest BCUT2D eigenvalue weighted by Gasteiger charge is 1.92. The number of rotatable bonds is 1. The van der Waals surface area contributed by atoms with Crippen LogP contribution in [0.4, 0.5) is 5.69 Å². The van der Waals surface area contributed by atoms with Gasteiger partial charge >= 0.3 is 0 Å². The Bertz CT molecular complexity index is 208. The zero-order valence-electron chi connectivity index (χ0n) is 6.61. The van der Waals surface area contributed by atoms with Gasteiger partial charge in [-0.05, 0) is 24.3 Å². The Morgan fingerprint density at radius 3 is 1.91 bits per heavy atom. The molecule has 11 heavy (non-hydrogen) atoms. The number of hydrogen-bond donors (Lipinski definition) is 1. The molecule has 0 aromatic heterocycles. The van der Waals surface area contributed by atoms with Crippen molar-refractivity contribution in [2.75, 3.05) is 19.0 Å². The van der Waals surface area contributed by atoms with E-state index in [0.717, 1.165) is 5.69 Å². The van der Waals surface area contributed by atoms with Crippen molar-refractivity contribution in [2.45, 2.75) is 0 Å². The molecule has 0 fully saturated rings. The highest BCUT2D eigenvalue weighted by Crippen LogP contribution is 2.15. The minimum atomic E-state index is 0. The zero-order valence-corrected chi connectivity index (χ0v) is 8.33. The molecular weight excluding hydrogens is 206 g/mol. The first-order valence-corrected chi connectivity index (χ1v) is 3.16. The lowest BCUT2D eigenvalue weighted by atomic mass is 10.3. The zero-order chi connectivity index (χ0) is 7.56. The van der Waals surface area contributed by atoms with Crippen LogP contribution in [0, 0.1) is 0 Å². The third-order valence-corrected chi connectivity index (χ3v) is 1.37. The van der Waals surface area contributed by atoms with Gasteiger partial charge in [-0.25, -0.2) is 0 Å². The standard InChI is InChI=1S/C8H11NO.BrH/c1-9(2)7-3-5-8(10)6-4-7;/h3-6,10H,1-2H3;1H. The Balaban J connectivity index is 0.000001000. The van der Waals surface area contributed by atoms with Gasteiger partial charge in [-0.1, -0.05) is 0 Å². The molecule has 62 valence electrons. The summed E-state index contributed by atoms with van der Waals surface area (Å²) in [7, 11) is 3.93. The van der Waals surface area contributed by atoms with Crippen LogP contribution in [0.5, 0.6) is 5.75 Å². The average Bonchev–Trinajstić information content (AvgIpc) is 1.88. The highest BCUT2D eigenvalue weighted by atomic mass is 79.9. The van der Waals surface area contributed by atoms with Crippen molar-refractivity contribution in [3.8, 4) is 5.75 Å². The summed E-state index contributed by atoms with van der Waals surface area (Å²) in [6, 6.07) is 7.09. The number of aromatic hydroxyl groups is 1. The number of nitrogens with zero attached hydrogens (tertiary/aromatic N) is 1. The predicted octanol–water partition coefficient (Wildman–Crippen LogP) is 2.04. The Kier molecular flexibility index (Phi) is 3.97. The largest absolute Gasteiger partial charge is 0.508 e. The van der Waals surface area contributed by atoms with Crippen LogP contribution in [0.2, 0.25) is 0 Å². The van der Waals surface area contributed by atoms with Crippen molar-refractivity contribution in [3.05, 3.63) is 24.3 Å². The van der Waals surface area contributed by atoms with Crippen molar-refractivity contribution in [3.63, 3.8) is 0 Å². The molecular formula is C8H12BrNO. The van der Waals surface area contributed by atoms with E-state index in [1.54, 1.807) is 12.1 Å². The number of hydrogen-bond acceptors (Lipinski definition) is 2. The topological polar surface area (TPSA) is 23.5 Å². The van der Waals surface area contributed by atoms with E-state index in [1.165, 1.54) is 0 Å². The molecule has 0 spiro atoms. The van der Waals surface area contributed by atoms with Crippen LogP contribution in [0.15, 0.2) is 24.3 Å². The summed E-state index contributed by atoms with van der Waals surface area (Å²) in [5.74, 6) is 0.311. The van der Waals surface area contributed by atoms with Crippen LogP contribution in [-0.2, 0) is 0 Å². The third kappa shape index (κ3) is 2.80. The molecule has 0 aliphatic carbocycles. The molecule has 1 N–H and O–H groups in total. The maximum Gasteiger partial charge on any atom is 0.115 e. The van der Waals surface area contributed by atoms with Crippen molar-refractivity contribution in [2.24, 2.45) is 0 Å². The van der Waals surface area contributed by atoms with Crippen LogP contribution >= 0.6 is 17.0 Å². The summed E-state index contributed by atoms with van der Waals surface area (Å²) in [6.07, 6.45) is 0. The lowest BCUT2D eigenvalue weighted by molar-refractivity contribution is 0.475. The number of phenols is 1. The fourth-order valence-electron chi connectivity index (χ4n) is 0.751. The normalized spacial score (nSPS) is 8.55. The molecule has 0 aliphatic rings. The van der Waals surface area contributed by atoms with Gasteiger partial charge in [0.15, 0.2) is 0 Å². The maximum atomic E-state index is 8.92. The summed E-state index contributed by atoms with van der Waals surface area (Å²) in [6.45, 7) is 0. The van der Waals surface area contributed by atoms with Crippen molar-refractivity contribution in [1.29, 1.82) is 0 Å². The van der Waals surface area contributed by atoms with Crippen molar-refractivity contribution in [1.82, 2.24) is 0 Å². The number of phenolic OH excluding ortho intramolecular Hbond substituents is 1. The Labute approximate surface area is 77.2 Å². The molecule has 0 radical (unpaired) electrons. The predicted molar refractivity (Wildman–Crippen MR) is 52.8 cm³/mol. The number of halogens is 1. The van der Waals surface area contributed by atoms with E-state index < -0.39 is 0 Å². The number of benzene rings is 1. The maximum absolute atomic E-state index is 8.92. The van der Waals surface area contributed by atoms with Gasteiger partial charge in [0.25, 0.3) is 0 Å². The molecule has 0 heterocycles. The first-order chi connectivity index (χ1) is 4.70. The van der Waals surface area contributed by atoms with E-state index in [1.807, 2.05) is 31.1 Å². The summed E-state index contributed by atoms with van der Waals surface area (Å²) in [4.78, 5) is 1.99. The van der Waals surface area contributed by atoms with E-state index in [4.69, 9.17) is 5.11 Å². The molecule has 0 bridgehead atoms. The van der Waals surface area contributed by atoms with Crippen LogP contribution < -0.4 is 4.90 Å². The minimum Gasteiger partial charge on any atom is -0.508 e. The first-order valence-electron chi connectivity index (χ1n) is 3.16. The quantitative estimate of drug-likeness (QED) is 0.779. The van der Waals surface area contributed by atoms with E-state index in [0.29, 0.717) is 5.75 Å². The van der Waals surface area contributed by atoms with Gasteiger partial charge in [0.1, 0.15) is 5.75 Å². The van der Waals surface area contributed by atoms with Gasteiger partial charge < -0.3 is 10.0 Å². The Hall–Kier alpha value is -0.700. The summed E-state index contributed by atoms with van der Waals surface area (Å²) in [5.41, 5.74) is 1.10. The molecule has 2 nitrogen and oxygen atoms in total. The lowest BCUT2D eigenvalue weighted by Gasteiger charge is -2.11. The van der Waals surface area contributed by atoms with Gasteiger partial charge in [0.2, 0.25) is 0 Å². The molecule has 0 atom stereocenters. The monoisotopic (exact) mass is 217 g/mol. The molecule has 1 rings (SSSR count). The minimum absolute atomic E-state index is 0. The van der Waals surface area contributed by atoms with Crippen molar-refractivity contribution >= 4 is 22.7 Å². The molecule has 1 aromatic rings.